The molecule has 17 heavy (non-hydrogen) atoms. The molecule has 0 N–H and O–H groups in total. The highest BCUT2D eigenvalue weighted by atomic mass is 16.2. The van der Waals surface area contributed by atoms with Gasteiger partial charge in [-0.25, -0.2) is 0 Å². The van der Waals surface area contributed by atoms with Crippen molar-refractivity contribution in [3.8, 4) is 0 Å². The second kappa shape index (κ2) is 5.35. The van der Waals surface area contributed by atoms with Crippen molar-refractivity contribution in [1.29, 1.82) is 0 Å². The van der Waals surface area contributed by atoms with Crippen molar-refractivity contribution in [3.63, 3.8) is 0 Å². The summed E-state index contributed by atoms with van der Waals surface area (Å²) in [6.07, 6.45) is 4.82. The van der Waals surface area contributed by atoms with Gasteiger partial charge in [0.1, 0.15) is 0 Å². The number of carbonyl (C=O) groups is 1. The van der Waals surface area contributed by atoms with Crippen LogP contribution in [0, 0.1) is 13.8 Å². The number of likely N-dealkylation sites (tertiary alicyclic amines) is 1. The topological polar surface area (TPSA) is 20.3 Å². The summed E-state index contributed by atoms with van der Waals surface area (Å²) in [6.45, 7) is 5.93. The Morgan fingerprint density at radius 1 is 1.06 bits per heavy atom. The molecule has 0 radical (unpaired) electrons. The Kier molecular flexibility index (Phi) is 3.82. The molecule has 1 aliphatic heterocycles. The second-order valence-corrected chi connectivity index (χ2v) is 5.02. The van der Waals surface area contributed by atoms with Gasteiger partial charge in [0.15, 0.2) is 0 Å². The van der Waals surface area contributed by atoms with Gasteiger partial charge in [0.05, 0.1) is 0 Å². The van der Waals surface area contributed by atoms with Crippen LogP contribution in [-0.4, -0.2) is 23.9 Å². The maximum Gasteiger partial charge on any atom is 0.254 e. The van der Waals surface area contributed by atoms with Crippen LogP contribution in [0.25, 0.3) is 0 Å². The summed E-state index contributed by atoms with van der Waals surface area (Å²) in [6, 6.07) is 6.08. The van der Waals surface area contributed by atoms with Crippen LogP contribution in [-0.2, 0) is 0 Å². The molecule has 0 aromatic heterocycles. The van der Waals surface area contributed by atoms with E-state index in [1.165, 1.54) is 18.4 Å². The molecule has 1 amide bonds. The van der Waals surface area contributed by atoms with Gasteiger partial charge in [0, 0.05) is 18.7 Å². The Morgan fingerprint density at radius 2 is 1.71 bits per heavy atom. The fraction of sp³-hybridized carbons (Fsp3) is 0.533. The van der Waals surface area contributed by atoms with Gasteiger partial charge in [-0.05, 0) is 38.3 Å². The number of hydrogen-bond donors (Lipinski definition) is 0. The zero-order valence-corrected chi connectivity index (χ0v) is 10.8. The first-order valence-corrected chi connectivity index (χ1v) is 6.55. The fourth-order valence-corrected chi connectivity index (χ4v) is 2.50. The van der Waals surface area contributed by atoms with Crippen LogP contribution < -0.4 is 0 Å². The number of carbonyl (C=O) groups excluding carboxylic acids is 1. The minimum atomic E-state index is 0.212. The first-order valence-electron chi connectivity index (χ1n) is 6.55. The SMILES string of the molecule is Cc1ccc(C(=O)N2CCCCCC2)c(C)c1. The van der Waals surface area contributed by atoms with E-state index in [-0.39, 0.29) is 5.91 Å². The van der Waals surface area contributed by atoms with E-state index in [1.54, 1.807) is 0 Å². The van der Waals surface area contributed by atoms with E-state index in [2.05, 4.69) is 13.0 Å². The molecule has 2 nitrogen and oxygen atoms in total. The Hall–Kier alpha value is -1.31. The van der Waals surface area contributed by atoms with Crippen molar-refractivity contribution >= 4 is 5.91 Å². The molecular weight excluding hydrogens is 210 g/mol. The molecule has 2 heteroatoms. The van der Waals surface area contributed by atoms with Crippen molar-refractivity contribution in [2.75, 3.05) is 13.1 Å². The maximum atomic E-state index is 12.4. The molecule has 1 fully saturated rings. The minimum absolute atomic E-state index is 0.212. The molecule has 0 saturated carbocycles. The van der Waals surface area contributed by atoms with E-state index in [4.69, 9.17) is 0 Å². The summed E-state index contributed by atoms with van der Waals surface area (Å²) < 4.78 is 0. The lowest BCUT2D eigenvalue weighted by Crippen LogP contribution is -2.32. The predicted molar refractivity (Wildman–Crippen MR) is 70.3 cm³/mol. The lowest BCUT2D eigenvalue weighted by Gasteiger charge is -2.21. The average molecular weight is 231 g/mol. The Morgan fingerprint density at radius 3 is 2.29 bits per heavy atom. The monoisotopic (exact) mass is 231 g/mol. The molecule has 1 saturated heterocycles. The Balaban J connectivity index is 2.17. The molecule has 0 aliphatic carbocycles. The van der Waals surface area contributed by atoms with Gasteiger partial charge in [-0.15, -0.1) is 0 Å². The first kappa shape index (κ1) is 12.2. The zero-order chi connectivity index (χ0) is 12.3. The molecule has 1 aromatic carbocycles. The lowest BCUT2D eigenvalue weighted by atomic mass is 10.0. The number of rotatable bonds is 1. The van der Waals surface area contributed by atoms with Gasteiger partial charge in [-0.1, -0.05) is 30.5 Å². The molecule has 0 atom stereocenters. The van der Waals surface area contributed by atoms with Crippen LogP contribution in [0.15, 0.2) is 18.2 Å². The van der Waals surface area contributed by atoms with Crippen LogP contribution in [0.4, 0.5) is 0 Å². The smallest absolute Gasteiger partial charge is 0.254 e. The summed E-state index contributed by atoms with van der Waals surface area (Å²) in [5.41, 5.74) is 3.19. The molecule has 1 aromatic rings. The number of aryl methyl sites for hydroxylation is 2. The molecular formula is C15H21NO. The molecule has 92 valence electrons. The van der Waals surface area contributed by atoms with E-state index in [0.29, 0.717) is 0 Å². The van der Waals surface area contributed by atoms with Crippen LogP contribution >= 0.6 is 0 Å². The largest absolute Gasteiger partial charge is 0.339 e. The van der Waals surface area contributed by atoms with Crippen LogP contribution in [0.1, 0.15) is 47.2 Å². The van der Waals surface area contributed by atoms with Gasteiger partial charge in [-0.3, -0.25) is 4.79 Å². The highest BCUT2D eigenvalue weighted by Gasteiger charge is 2.18. The van der Waals surface area contributed by atoms with Crippen molar-refractivity contribution in [2.45, 2.75) is 39.5 Å². The van der Waals surface area contributed by atoms with Crippen molar-refractivity contribution in [1.82, 2.24) is 4.90 Å². The summed E-state index contributed by atoms with van der Waals surface area (Å²) >= 11 is 0. The van der Waals surface area contributed by atoms with Crippen molar-refractivity contribution in [2.24, 2.45) is 0 Å². The molecule has 0 spiro atoms. The quantitative estimate of drug-likeness (QED) is 0.726. The normalized spacial score (nSPS) is 16.7. The molecule has 0 bridgehead atoms. The number of benzene rings is 1. The number of hydrogen-bond acceptors (Lipinski definition) is 1. The van der Waals surface area contributed by atoms with E-state index in [9.17, 15) is 4.79 Å². The van der Waals surface area contributed by atoms with Crippen LogP contribution in [0.2, 0.25) is 0 Å². The van der Waals surface area contributed by atoms with Gasteiger partial charge in [0.25, 0.3) is 5.91 Å². The van der Waals surface area contributed by atoms with Crippen LogP contribution in [0.5, 0.6) is 0 Å². The molecule has 2 rings (SSSR count). The number of nitrogens with zero attached hydrogens (tertiary/aromatic N) is 1. The summed E-state index contributed by atoms with van der Waals surface area (Å²) in [5.74, 6) is 0.212. The van der Waals surface area contributed by atoms with Gasteiger partial charge < -0.3 is 4.90 Å². The molecule has 0 unspecified atom stereocenters. The second-order valence-electron chi connectivity index (χ2n) is 5.02. The van der Waals surface area contributed by atoms with Crippen LogP contribution in [0.3, 0.4) is 0 Å². The van der Waals surface area contributed by atoms with Gasteiger partial charge in [-0.2, -0.15) is 0 Å². The van der Waals surface area contributed by atoms with E-state index < -0.39 is 0 Å². The van der Waals surface area contributed by atoms with Gasteiger partial charge >= 0.3 is 0 Å². The Labute approximate surface area is 104 Å². The predicted octanol–water partition coefficient (Wildman–Crippen LogP) is 3.32. The van der Waals surface area contributed by atoms with Crippen molar-refractivity contribution < 1.29 is 4.79 Å². The van der Waals surface area contributed by atoms with Gasteiger partial charge in [0.2, 0.25) is 0 Å². The molecule has 1 aliphatic rings. The lowest BCUT2D eigenvalue weighted by molar-refractivity contribution is 0.0761. The summed E-state index contributed by atoms with van der Waals surface area (Å²) in [4.78, 5) is 14.4. The highest BCUT2D eigenvalue weighted by molar-refractivity contribution is 5.95. The average Bonchev–Trinajstić information content (AvgIpc) is 2.56. The van der Waals surface area contributed by atoms with E-state index in [0.717, 1.165) is 37.1 Å². The summed E-state index contributed by atoms with van der Waals surface area (Å²) in [7, 11) is 0. The Bertz CT molecular complexity index is 403. The third kappa shape index (κ3) is 2.87. The highest BCUT2D eigenvalue weighted by Crippen LogP contribution is 2.16. The maximum absolute atomic E-state index is 12.4. The number of amides is 1. The van der Waals surface area contributed by atoms with E-state index >= 15 is 0 Å². The third-order valence-corrected chi connectivity index (χ3v) is 3.51. The zero-order valence-electron chi connectivity index (χ0n) is 10.8. The minimum Gasteiger partial charge on any atom is -0.339 e. The molecule has 1 heterocycles. The van der Waals surface area contributed by atoms with Crippen molar-refractivity contribution in [3.05, 3.63) is 34.9 Å². The summed E-state index contributed by atoms with van der Waals surface area (Å²) in [5, 5.41) is 0. The first-order chi connectivity index (χ1) is 8.18. The van der Waals surface area contributed by atoms with E-state index in [1.807, 2.05) is 24.0 Å². The third-order valence-electron chi connectivity index (χ3n) is 3.51. The fourth-order valence-electron chi connectivity index (χ4n) is 2.50. The standard InChI is InChI=1S/C15H21NO/c1-12-7-8-14(13(2)11-12)15(17)16-9-5-3-4-6-10-16/h7-8,11H,3-6,9-10H2,1-2H3.